The van der Waals surface area contributed by atoms with Crippen LogP contribution in [0, 0.1) is 0 Å². The molecular formula is C13H18N2O2S2. The number of aromatic nitrogens is 1. The molecule has 0 atom stereocenters. The molecule has 0 bridgehead atoms. The van der Waals surface area contributed by atoms with Crippen molar-refractivity contribution in [3.8, 4) is 9.88 Å². The molecule has 0 radical (unpaired) electrons. The lowest BCUT2D eigenvalue weighted by Crippen LogP contribution is -2.29. The predicted molar refractivity (Wildman–Crippen MR) is 79.7 cm³/mol. The Balaban J connectivity index is 1.97. The van der Waals surface area contributed by atoms with Crippen molar-refractivity contribution in [2.24, 2.45) is 0 Å². The van der Waals surface area contributed by atoms with Gasteiger partial charge in [-0.05, 0) is 11.4 Å². The molecule has 0 fully saturated rings. The third kappa shape index (κ3) is 4.36. The Kier molecular flexibility index (Phi) is 5.93. The minimum Gasteiger partial charge on any atom is -0.395 e. The van der Waals surface area contributed by atoms with Crippen LogP contribution in [0.1, 0.15) is 4.88 Å². The standard InChI is InChI=1S/C13H18N2O2S2/c1-17-7-5-15(4-6-16)10-11-9-14-13(19-11)12-3-2-8-18-12/h2-3,8-9,16H,4-7,10H2,1H3. The number of nitrogens with zero attached hydrogens (tertiary/aromatic N) is 2. The summed E-state index contributed by atoms with van der Waals surface area (Å²) in [6.07, 6.45) is 1.93. The van der Waals surface area contributed by atoms with Crippen LogP contribution in [0.25, 0.3) is 9.88 Å². The molecule has 0 unspecified atom stereocenters. The molecule has 2 heterocycles. The highest BCUT2D eigenvalue weighted by Crippen LogP contribution is 2.29. The van der Waals surface area contributed by atoms with Gasteiger partial charge in [0.25, 0.3) is 0 Å². The van der Waals surface area contributed by atoms with E-state index in [0.29, 0.717) is 13.2 Å². The Hall–Kier alpha value is -0.790. The Morgan fingerprint density at radius 1 is 1.42 bits per heavy atom. The van der Waals surface area contributed by atoms with Gasteiger partial charge in [-0.2, -0.15) is 0 Å². The average molecular weight is 298 g/mol. The molecule has 0 spiro atoms. The number of aliphatic hydroxyl groups is 1. The van der Waals surface area contributed by atoms with Gasteiger partial charge in [0, 0.05) is 37.8 Å². The molecule has 2 aromatic rings. The molecule has 104 valence electrons. The summed E-state index contributed by atoms with van der Waals surface area (Å²) >= 11 is 3.42. The van der Waals surface area contributed by atoms with Gasteiger partial charge >= 0.3 is 0 Å². The van der Waals surface area contributed by atoms with Gasteiger partial charge in [-0.1, -0.05) is 6.07 Å². The van der Waals surface area contributed by atoms with Crippen LogP contribution in [-0.4, -0.2) is 48.4 Å². The maximum absolute atomic E-state index is 9.08. The van der Waals surface area contributed by atoms with E-state index in [-0.39, 0.29) is 6.61 Å². The van der Waals surface area contributed by atoms with Crippen molar-refractivity contribution in [1.29, 1.82) is 0 Å². The fourth-order valence-corrected chi connectivity index (χ4v) is 3.51. The Bertz CT molecular complexity index is 471. The van der Waals surface area contributed by atoms with Crippen molar-refractivity contribution in [1.82, 2.24) is 9.88 Å². The molecule has 0 amide bonds. The Labute approximate surface area is 121 Å². The Morgan fingerprint density at radius 2 is 2.32 bits per heavy atom. The first-order valence-corrected chi connectivity index (χ1v) is 7.84. The summed E-state index contributed by atoms with van der Waals surface area (Å²) in [5.41, 5.74) is 0. The number of rotatable bonds is 8. The lowest BCUT2D eigenvalue weighted by atomic mass is 10.4. The first-order chi connectivity index (χ1) is 9.33. The maximum Gasteiger partial charge on any atom is 0.133 e. The fraction of sp³-hybridized carbons (Fsp3) is 0.462. The summed E-state index contributed by atoms with van der Waals surface area (Å²) in [6, 6.07) is 4.13. The van der Waals surface area contributed by atoms with Crippen molar-refractivity contribution in [2.75, 3.05) is 33.4 Å². The van der Waals surface area contributed by atoms with Crippen LogP contribution in [0.15, 0.2) is 23.7 Å². The van der Waals surface area contributed by atoms with Gasteiger partial charge in [0.05, 0.1) is 18.1 Å². The lowest BCUT2D eigenvalue weighted by molar-refractivity contribution is 0.127. The minimum atomic E-state index is 0.167. The quantitative estimate of drug-likeness (QED) is 0.812. The van der Waals surface area contributed by atoms with Crippen molar-refractivity contribution in [3.63, 3.8) is 0 Å². The number of hydrogen-bond acceptors (Lipinski definition) is 6. The molecule has 6 heteroatoms. The monoisotopic (exact) mass is 298 g/mol. The van der Waals surface area contributed by atoms with E-state index >= 15 is 0 Å². The van der Waals surface area contributed by atoms with Crippen LogP contribution in [-0.2, 0) is 11.3 Å². The molecule has 4 nitrogen and oxygen atoms in total. The molecule has 0 aliphatic heterocycles. The van der Waals surface area contributed by atoms with Crippen LogP contribution in [0.4, 0.5) is 0 Å². The maximum atomic E-state index is 9.08. The summed E-state index contributed by atoms with van der Waals surface area (Å²) in [7, 11) is 1.69. The number of methoxy groups -OCH3 is 1. The SMILES string of the molecule is COCCN(CCO)Cc1cnc(-c2cccs2)s1. The van der Waals surface area contributed by atoms with E-state index in [1.54, 1.807) is 29.8 Å². The molecule has 0 saturated heterocycles. The predicted octanol–water partition coefficient (Wildman–Crippen LogP) is 2.31. The van der Waals surface area contributed by atoms with Gasteiger partial charge < -0.3 is 9.84 Å². The highest BCUT2D eigenvalue weighted by molar-refractivity contribution is 7.20. The second kappa shape index (κ2) is 7.72. The largest absolute Gasteiger partial charge is 0.395 e. The van der Waals surface area contributed by atoms with Crippen LogP contribution in [0.5, 0.6) is 0 Å². The van der Waals surface area contributed by atoms with Crippen molar-refractivity contribution < 1.29 is 9.84 Å². The van der Waals surface area contributed by atoms with E-state index in [9.17, 15) is 0 Å². The van der Waals surface area contributed by atoms with Crippen molar-refractivity contribution in [2.45, 2.75) is 6.54 Å². The van der Waals surface area contributed by atoms with Crippen LogP contribution >= 0.6 is 22.7 Å². The van der Waals surface area contributed by atoms with Crippen molar-refractivity contribution in [3.05, 3.63) is 28.6 Å². The smallest absolute Gasteiger partial charge is 0.133 e. The lowest BCUT2D eigenvalue weighted by Gasteiger charge is -2.19. The van der Waals surface area contributed by atoms with Crippen LogP contribution in [0.2, 0.25) is 0 Å². The molecule has 2 rings (SSSR count). The van der Waals surface area contributed by atoms with E-state index in [1.807, 2.05) is 12.3 Å². The van der Waals surface area contributed by atoms with Gasteiger partial charge in [-0.3, -0.25) is 4.90 Å². The Morgan fingerprint density at radius 3 is 3.00 bits per heavy atom. The van der Waals surface area contributed by atoms with E-state index in [1.165, 1.54) is 9.75 Å². The van der Waals surface area contributed by atoms with E-state index in [0.717, 1.165) is 18.1 Å². The second-order valence-corrected chi connectivity index (χ2v) is 6.16. The number of hydrogen-bond donors (Lipinski definition) is 1. The zero-order valence-electron chi connectivity index (χ0n) is 10.9. The van der Waals surface area contributed by atoms with Gasteiger partial charge in [0.15, 0.2) is 0 Å². The fourth-order valence-electron chi connectivity index (χ4n) is 1.75. The van der Waals surface area contributed by atoms with E-state index in [4.69, 9.17) is 9.84 Å². The topological polar surface area (TPSA) is 45.6 Å². The van der Waals surface area contributed by atoms with E-state index < -0.39 is 0 Å². The highest BCUT2D eigenvalue weighted by atomic mass is 32.1. The molecule has 0 saturated carbocycles. The molecule has 0 aromatic carbocycles. The van der Waals surface area contributed by atoms with Gasteiger partial charge in [0.2, 0.25) is 0 Å². The molecule has 0 aliphatic carbocycles. The average Bonchev–Trinajstić information content (AvgIpc) is 3.06. The summed E-state index contributed by atoms with van der Waals surface area (Å²) in [5.74, 6) is 0. The molecular weight excluding hydrogens is 280 g/mol. The van der Waals surface area contributed by atoms with Crippen LogP contribution < -0.4 is 0 Å². The molecule has 19 heavy (non-hydrogen) atoms. The van der Waals surface area contributed by atoms with E-state index in [2.05, 4.69) is 21.3 Å². The third-order valence-electron chi connectivity index (χ3n) is 2.69. The number of aliphatic hydroxyl groups excluding tert-OH is 1. The summed E-state index contributed by atoms with van der Waals surface area (Å²) < 4.78 is 5.09. The summed E-state index contributed by atoms with van der Waals surface area (Å²) in [5, 5.41) is 12.2. The molecule has 1 N–H and O–H groups in total. The number of thiazole rings is 1. The minimum absolute atomic E-state index is 0.167. The number of thiophene rings is 1. The first kappa shape index (κ1) is 14.6. The molecule has 2 aromatic heterocycles. The van der Waals surface area contributed by atoms with Gasteiger partial charge in [-0.25, -0.2) is 4.98 Å². The van der Waals surface area contributed by atoms with Crippen molar-refractivity contribution >= 4 is 22.7 Å². The highest BCUT2D eigenvalue weighted by Gasteiger charge is 2.10. The third-order valence-corrected chi connectivity index (χ3v) is 4.71. The normalized spacial score (nSPS) is 11.3. The van der Waals surface area contributed by atoms with Crippen LogP contribution in [0.3, 0.4) is 0 Å². The first-order valence-electron chi connectivity index (χ1n) is 6.14. The summed E-state index contributed by atoms with van der Waals surface area (Å²) in [6.45, 7) is 3.14. The second-order valence-electron chi connectivity index (χ2n) is 4.10. The zero-order valence-corrected chi connectivity index (χ0v) is 12.5. The van der Waals surface area contributed by atoms with Gasteiger partial charge in [-0.15, -0.1) is 22.7 Å². The molecule has 0 aliphatic rings. The zero-order chi connectivity index (χ0) is 13.5. The summed E-state index contributed by atoms with van der Waals surface area (Å²) in [4.78, 5) is 9.06. The number of ether oxygens (including phenoxy) is 1. The van der Waals surface area contributed by atoms with Gasteiger partial charge in [0.1, 0.15) is 5.01 Å².